The summed E-state index contributed by atoms with van der Waals surface area (Å²) in [7, 11) is -3.73. The summed E-state index contributed by atoms with van der Waals surface area (Å²) in [6, 6.07) is 5.05. The third-order valence-corrected chi connectivity index (χ3v) is 8.01. The minimum atomic E-state index is -3.73. The molecule has 2 aromatic rings. The number of carbonyl (C=O) groups is 1. The smallest absolute Gasteiger partial charge is 0.286 e. The van der Waals surface area contributed by atoms with E-state index in [1.54, 1.807) is 24.4 Å². The highest BCUT2D eigenvalue weighted by atomic mass is 32.2. The molecule has 1 fully saturated rings. The van der Waals surface area contributed by atoms with E-state index in [2.05, 4.69) is 20.0 Å². The van der Waals surface area contributed by atoms with Gasteiger partial charge in [0.15, 0.2) is 5.13 Å². The average molecular weight is 477 g/mol. The van der Waals surface area contributed by atoms with Crippen LogP contribution in [0.15, 0.2) is 33.7 Å². The molecule has 1 unspecified atom stereocenters. The lowest BCUT2D eigenvalue weighted by Gasteiger charge is -2.26. The van der Waals surface area contributed by atoms with E-state index in [1.165, 1.54) is 11.3 Å². The van der Waals surface area contributed by atoms with Gasteiger partial charge in [-0.1, -0.05) is 31.3 Å². The fraction of sp³-hybridized carbons (Fsp3) is 0.500. The topological polar surface area (TPSA) is 110 Å². The van der Waals surface area contributed by atoms with Crippen molar-refractivity contribution < 1.29 is 17.9 Å². The fourth-order valence-electron chi connectivity index (χ4n) is 4.22. The normalized spacial score (nSPS) is 22.7. The van der Waals surface area contributed by atoms with Crippen LogP contribution in [0.2, 0.25) is 0 Å². The molecule has 172 valence electrons. The third-order valence-electron chi connectivity index (χ3n) is 5.70. The molecule has 1 atom stereocenters. The number of amides is 1. The summed E-state index contributed by atoms with van der Waals surface area (Å²) in [5.74, 6) is -0.0361. The first kappa shape index (κ1) is 22.9. The molecule has 2 N–H and O–H groups in total. The Morgan fingerprint density at radius 2 is 2.00 bits per heavy atom. The largest absolute Gasteiger partial charge is 0.369 e. The lowest BCUT2D eigenvalue weighted by Crippen LogP contribution is -2.36. The highest BCUT2D eigenvalue weighted by Gasteiger charge is 2.49. The molecular formula is C22H28N4O4S2. The number of rotatable bonds is 4. The van der Waals surface area contributed by atoms with Gasteiger partial charge < -0.3 is 15.4 Å². The molecule has 0 aliphatic carbocycles. The number of fused-ring (bicyclic) bond motifs is 1. The molecule has 32 heavy (non-hydrogen) atoms. The van der Waals surface area contributed by atoms with Gasteiger partial charge in [-0.2, -0.15) is 8.42 Å². The van der Waals surface area contributed by atoms with E-state index in [1.807, 2.05) is 41.5 Å². The van der Waals surface area contributed by atoms with Gasteiger partial charge in [-0.3, -0.25) is 4.79 Å². The van der Waals surface area contributed by atoms with Crippen molar-refractivity contribution in [3.63, 3.8) is 0 Å². The summed E-state index contributed by atoms with van der Waals surface area (Å²) in [6.07, 6.45) is 2.31. The summed E-state index contributed by atoms with van der Waals surface area (Å²) in [5, 5.41) is 6.54. The Bertz CT molecular complexity index is 1210. The number of ether oxygens (including phenoxy) is 1. The van der Waals surface area contributed by atoms with E-state index in [-0.39, 0.29) is 28.2 Å². The molecule has 2 aliphatic rings. The SMILES string of the molecule is CC(C)C1=NS(=O)(=O)c2ccc(-c3cnc(NC(=O)C4CC(C)(C)OC4(C)C)s3)cc2N1. The number of hydrogen-bond acceptors (Lipinski definition) is 7. The van der Waals surface area contributed by atoms with Crippen LogP contribution in [-0.4, -0.2) is 36.3 Å². The highest BCUT2D eigenvalue weighted by Crippen LogP contribution is 2.43. The Balaban J connectivity index is 1.55. The molecule has 1 aromatic carbocycles. The van der Waals surface area contributed by atoms with Crippen molar-refractivity contribution in [1.29, 1.82) is 0 Å². The highest BCUT2D eigenvalue weighted by molar-refractivity contribution is 7.90. The summed E-state index contributed by atoms with van der Waals surface area (Å²) >= 11 is 1.34. The third kappa shape index (κ3) is 4.31. The summed E-state index contributed by atoms with van der Waals surface area (Å²) < 4.78 is 34.9. The molecule has 0 spiro atoms. The molecule has 1 amide bonds. The Kier molecular flexibility index (Phi) is 5.46. The Morgan fingerprint density at radius 3 is 2.62 bits per heavy atom. The molecule has 3 heterocycles. The van der Waals surface area contributed by atoms with E-state index in [0.29, 0.717) is 23.1 Å². The van der Waals surface area contributed by atoms with Crippen molar-refractivity contribution >= 4 is 43.9 Å². The van der Waals surface area contributed by atoms with E-state index in [9.17, 15) is 13.2 Å². The van der Waals surface area contributed by atoms with Gasteiger partial charge in [0, 0.05) is 12.1 Å². The second kappa shape index (κ2) is 7.64. The zero-order chi connectivity index (χ0) is 23.5. The zero-order valence-electron chi connectivity index (χ0n) is 19.0. The van der Waals surface area contributed by atoms with Gasteiger partial charge >= 0.3 is 0 Å². The van der Waals surface area contributed by atoms with Crippen molar-refractivity contribution in [2.24, 2.45) is 16.2 Å². The number of thiazole rings is 1. The van der Waals surface area contributed by atoms with Crippen molar-refractivity contribution in [3.8, 4) is 10.4 Å². The number of aromatic nitrogens is 1. The maximum absolute atomic E-state index is 12.9. The average Bonchev–Trinajstić information content (AvgIpc) is 3.21. The minimum Gasteiger partial charge on any atom is -0.369 e. The molecule has 4 rings (SSSR count). The number of anilines is 2. The summed E-state index contributed by atoms with van der Waals surface area (Å²) in [4.78, 5) is 18.2. The second-order valence-electron chi connectivity index (χ2n) is 9.68. The van der Waals surface area contributed by atoms with Crippen LogP contribution in [0.4, 0.5) is 10.8 Å². The number of carbonyl (C=O) groups excluding carboxylic acids is 1. The lowest BCUT2D eigenvalue weighted by molar-refractivity contribution is -0.126. The summed E-state index contributed by atoms with van der Waals surface area (Å²) in [5.41, 5.74) is 0.389. The van der Waals surface area contributed by atoms with Gasteiger partial charge in [0.2, 0.25) is 5.91 Å². The molecule has 1 aromatic heterocycles. The number of amidine groups is 1. The molecule has 0 bridgehead atoms. The molecule has 1 saturated heterocycles. The number of nitrogens with zero attached hydrogens (tertiary/aromatic N) is 2. The minimum absolute atomic E-state index is 0.0550. The van der Waals surface area contributed by atoms with Gasteiger partial charge in [0.25, 0.3) is 10.0 Å². The first-order valence-corrected chi connectivity index (χ1v) is 12.8. The van der Waals surface area contributed by atoms with E-state index >= 15 is 0 Å². The molecule has 2 aliphatic heterocycles. The number of nitrogens with one attached hydrogen (secondary N) is 2. The number of benzene rings is 1. The van der Waals surface area contributed by atoms with Crippen LogP contribution in [0, 0.1) is 11.8 Å². The van der Waals surface area contributed by atoms with E-state index in [4.69, 9.17) is 4.74 Å². The molecular weight excluding hydrogens is 448 g/mol. The maximum Gasteiger partial charge on any atom is 0.286 e. The number of sulfonamides is 1. The first-order valence-electron chi connectivity index (χ1n) is 10.5. The predicted molar refractivity (Wildman–Crippen MR) is 127 cm³/mol. The Hall–Kier alpha value is -2.30. The molecule has 0 saturated carbocycles. The van der Waals surface area contributed by atoms with E-state index < -0.39 is 15.6 Å². The molecule has 8 nitrogen and oxygen atoms in total. The van der Waals surface area contributed by atoms with Crippen LogP contribution in [0.25, 0.3) is 10.4 Å². The zero-order valence-corrected chi connectivity index (χ0v) is 20.6. The van der Waals surface area contributed by atoms with Gasteiger partial charge in [-0.25, -0.2) is 4.98 Å². The van der Waals surface area contributed by atoms with Crippen LogP contribution in [0.1, 0.15) is 48.0 Å². The van der Waals surface area contributed by atoms with Gasteiger partial charge in [0.05, 0.1) is 27.7 Å². The molecule has 10 heteroatoms. The quantitative estimate of drug-likeness (QED) is 0.672. The van der Waals surface area contributed by atoms with Crippen molar-refractivity contribution in [1.82, 2.24) is 4.98 Å². The van der Waals surface area contributed by atoms with Crippen molar-refractivity contribution in [3.05, 3.63) is 24.4 Å². The van der Waals surface area contributed by atoms with Crippen LogP contribution in [0.3, 0.4) is 0 Å². The predicted octanol–water partition coefficient (Wildman–Crippen LogP) is 4.51. The monoisotopic (exact) mass is 476 g/mol. The summed E-state index contributed by atoms with van der Waals surface area (Å²) in [6.45, 7) is 11.6. The number of hydrogen-bond donors (Lipinski definition) is 2. The Morgan fingerprint density at radius 1 is 1.28 bits per heavy atom. The standard InChI is InChI=1S/C22H28N4O4S2/c1-12(2)18-24-15-9-13(7-8-17(15)32(28,29)26-18)16-11-23-20(31-16)25-19(27)14-10-21(3,4)30-22(14,5)6/h7-9,11-12,14H,10H2,1-6H3,(H,24,26)(H,23,25,27). The van der Waals surface area contributed by atoms with Gasteiger partial charge in [-0.15, -0.1) is 4.40 Å². The van der Waals surface area contributed by atoms with Crippen molar-refractivity contribution in [2.45, 2.75) is 64.1 Å². The van der Waals surface area contributed by atoms with Crippen LogP contribution >= 0.6 is 11.3 Å². The van der Waals surface area contributed by atoms with E-state index in [0.717, 1.165) is 10.4 Å². The molecule has 0 radical (unpaired) electrons. The lowest BCUT2D eigenvalue weighted by atomic mass is 9.87. The Labute approximate surface area is 192 Å². The fourth-order valence-corrected chi connectivity index (χ4v) is 6.28. The second-order valence-corrected chi connectivity index (χ2v) is 12.3. The van der Waals surface area contributed by atoms with Crippen molar-refractivity contribution in [2.75, 3.05) is 10.6 Å². The maximum atomic E-state index is 12.9. The van der Waals surface area contributed by atoms with Crippen LogP contribution < -0.4 is 10.6 Å². The first-order chi connectivity index (χ1) is 14.8. The van der Waals surface area contributed by atoms with Gasteiger partial charge in [-0.05, 0) is 51.8 Å². The van der Waals surface area contributed by atoms with Gasteiger partial charge in [0.1, 0.15) is 10.7 Å². The van der Waals surface area contributed by atoms with Crippen LogP contribution in [0.5, 0.6) is 0 Å². The van der Waals surface area contributed by atoms with Crippen LogP contribution in [-0.2, 0) is 19.6 Å².